The van der Waals surface area contributed by atoms with Crippen LogP contribution in [0.5, 0.6) is 0 Å². The van der Waals surface area contributed by atoms with Crippen LogP contribution in [0.3, 0.4) is 0 Å². The third-order valence-electron chi connectivity index (χ3n) is 4.85. The van der Waals surface area contributed by atoms with Crippen molar-refractivity contribution in [1.29, 1.82) is 0 Å². The molecule has 1 aliphatic heterocycles. The summed E-state index contributed by atoms with van der Waals surface area (Å²) in [7, 11) is 2.30. The molecule has 1 saturated heterocycles. The standard InChI is InChI=1S/C15H30N2S/c1-16(11-12-17-9-5-6-10-17)13-15(14-18)7-3-2-4-8-15/h18H,2-14H2,1H3. The molecule has 2 fully saturated rings. The number of likely N-dealkylation sites (N-methyl/N-ethyl adjacent to an activating group) is 1. The van der Waals surface area contributed by atoms with Crippen molar-refractivity contribution in [2.24, 2.45) is 5.41 Å². The zero-order chi connectivity index (χ0) is 12.8. The van der Waals surface area contributed by atoms with Crippen molar-refractivity contribution in [2.45, 2.75) is 44.9 Å². The van der Waals surface area contributed by atoms with Crippen LogP contribution in [0.4, 0.5) is 0 Å². The molecule has 0 aromatic heterocycles. The van der Waals surface area contributed by atoms with Gasteiger partial charge in [-0.25, -0.2) is 0 Å². The van der Waals surface area contributed by atoms with Crippen molar-refractivity contribution in [3.63, 3.8) is 0 Å². The van der Waals surface area contributed by atoms with Gasteiger partial charge in [0, 0.05) is 19.6 Å². The summed E-state index contributed by atoms with van der Waals surface area (Å²) in [5, 5.41) is 0. The van der Waals surface area contributed by atoms with Gasteiger partial charge < -0.3 is 9.80 Å². The number of rotatable bonds is 6. The number of hydrogen-bond donors (Lipinski definition) is 1. The SMILES string of the molecule is CN(CCN1CCCC1)CC1(CS)CCCCC1. The van der Waals surface area contributed by atoms with Gasteiger partial charge in [-0.1, -0.05) is 19.3 Å². The second-order valence-corrected chi connectivity index (χ2v) is 6.82. The molecule has 1 saturated carbocycles. The maximum atomic E-state index is 4.64. The Bertz CT molecular complexity index is 233. The first kappa shape index (κ1) is 14.7. The Balaban J connectivity index is 1.72. The van der Waals surface area contributed by atoms with E-state index >= 15 is 0 Å². The Hall–Kier alpha value is 0.270. The molecule has 0 spiro atoms. The number of nitrogens with zero attached hydrogens (tertiary/aromatic N) is 2. The average Bonchev–Trinajstić information content (AvgIpc) is 2.91. The molecule has 0 aromatic carbocycles. The lowest BCUT2D eigenvalue weighted by Gasteiger charge is -2.39. The molecular weight excluding hydrogens is 240 g/mol. The number of hydrogen-bond acceptors (Lipinski definition) is 3. The Morgan fingerprint density at radius 1 is 1.06 bits per heavy atom. The average molecular weight is 270 g/mol. The minimum atomic E-state index is 0.515. The van der Waals surface area contributed by atoms with E-state index in [9.17, 15) is 0 Å². The quantitative estimate of drug-likeness (QED) is 0.742. The Morgan fingerprint density at radius 3 is 2.33 bits per heavy atom. The molecule has 0 aromatic rings. The van der Waals surface area contributed by atoms with Crippen molar-refractivity contribution in [3.05, 3.63) is 0 Å². The first-order chi connectivity index (χ1) is 8.74. The normalized spacial score (nSPS) is 24.8. The lowest BCUT2D eigenvalue weighted by atomic mass is 9.75. The monoisotopic (exact) mass is 270 g/mol. The highest BCUT2D eigenvalue weighted by Crippen LogP contribution is 2.37. The lowest BCUT2D eigenvalue weighted by molar-refractivity contribution is 0.136. The molecule has 106 valence electrons. The van der Waals surface area contributed by atoms with Crippen molar-refractivity contribution in [2.75, 3.05) is 45.5 Å². The van der Waals surface area contributed by atoms with E-state index in [0.29, 0.717) is 5.41 Å². The maximum Gasteiger partial charge on any atom is 0.0109 e. The summed E-state index contributed by atoms with van der Waals surface area (Å²) in [6.45, 7) is 6.40. The summed E-state index contributed by atoms with van der Waals surface area (Å²) in [5.41, 5.74) is 0.515. The number of likely N-dealkylation sites (tertiary alicyclic amines) is 1. The summed E-state index contributed by atoms with van der Waals surface area (Å²) >= 11 is 4.64. The van der Waals surface area contributed by atoms with E-state index in [1.165, 1.54) is 77.7 Å². The molecule has 3 heteroatoms. The van der Waals surface area contributed by atoms with Gasteiger partial charge in [0.1, 0.15) is 0 Å². The highest BCUT2D eigenvalue weighted by Gasteiger charge is 2.31. The van der Waals surface area contributed by atoms with Gasteiger partial charge in [0.15, 0.2) is 0 Å². The van der Waals surface area contributed by atoms with Gasteiger partial charge in [0.05, 0.1) is 0 Å². The van der Waals surface area contributed by atoms with Crippen molar-refractivity contribution >= 4 is 12.6 Å². The van der Waals surface area contributed by atoms with Gasteiger partial charge in [-0.2, -0.15) is 12.6 Å². The van der Waals surface area contributed by atoms with E-state index in [4.69, 9.17) is 0 Å². The zero-order valence-corrected chi connectivity index (χ0v) is 12.9. The molecule has 0 unspecified atom stereocenters. The van der Waals surface area contributed by atoms with Crippen LogP contribution < -0.4 is 0 Å². The first-order valence-corrected chi connectivity index (χ1v) is 8.39. The van der Waals surface area contributed by atoms with Crippen LogP contribution in [0.1, 0.15) is 44.9 Å². The Labute approximate surface area is 119 Å². The van der Waals surface area contributed by atoms with Crippen LogP contribution in [0.2, 0.25) is 0 Å². The second kappa shape index (κ2) is 7.16. The van der Waals surface area contributed by atoms with E-state index < -0.39 is 0 Å². The molecule has 0 radical (unpaired) electrons. The van der Waals surface area contributed by atoms with Crippen molar-refractivity contribution in [1.82, 2.24) is 9.80 Å². The molecule has 0 amide bonds. The van der Waals surface area contributed by atoms with Crippen molar-refractivity contribution in [3.8, 4) is 0 Å². The van der Waals surface area contributed by atoms with Crippen molar-refractivity contribution < 1.29 is 0 Å². The second-order valence-electron chi connectivity index (χ2n) is 6.51. The van der Waals surface area contributed by atoms with Crippen LogP contribution in [0.25, 0.3) is 0 Å². The van der Waals surface area contributed by atoms with Crippen LogP contribution in [0, 0.1) is 5.41 Å². The summed E-state index contributed by atoms with van der Waals surface area (Å²) in [6.07, 6.45) is 9.87. The summed E-state index contributed by atoms with van der Waals surface area (Å²) in [4.78, 5) is 5.17. The predicted molar refractivity (Wildman–Crippen MR) is 82.5 cm³/mol. The first-order valence-electron chi connectivity index (χ1n) is 7.76. The molecule has 18 heavy (non-hydrogen) atoms. The minimum Gasteiger partial charge on any atom is -0.305 e. The maximum absolute atomic E-state index is 4.64. The van der Waals surface area contributed by atoms with Crippen LogP contribution in [-0.4, -0.2) is 55.3 Å². The zero-order valence-electron chi connectivity index (χ0n) is 12.0. The van der Waals surface area contributed by atoms with Crippen LogP contribution >= 0.6 is 12.6 Å². The molecule has 0 atom stereocenters. The highest BCUT2D eigenvalue weighted by atomic mass is 32.1. The summed E-state index contributed by atoms with van der Waals surface area (Å²) in [5.74, 6) is 1.07. The van der Waals surface area contributed by atoms with E-state index in [1.807, 2.05) is 0 Å². The Morgan fingerprint density at radius 2 is 1.72 bits per heavy atom. The van der Waals surface area contributed by atoms with Crippen LogP contribution in [0.15, 0.2) is 0 Å². The van der Waals surface area contributed by atoms with Gasteiger partial charge in [-0.15, -0.1) is 0 Å². The third kappa shape index (κ3) is 4.14. The van der Waals surface area contributed by atoms with Gasteiger partial charge in [-0.3, -0.25) is 0 Å². The highest BCUT2D eigenvalue weighted by molar-refractivity contribution is 7.80. The lowest BCUT2D eigenvalue weighted by Crippen LogP contribution is -2.41. The van der Waals surface area contributed by atoms with E-state index in [-0.39, 0.29) is 0 Å². The van der Waals surface area contributed by atoms with Crippen LogP contribution in [-0.2, 0) is 0 Å². The van der Waals surface area contributed by atoms with Gasteiger partial charge in [0.2, 0.25) is 0 Å². The summed E-state index contributed by atoms with van der Waals surface area (Å²) < 4.78 is 0. The van der Waals surface area contributed by atoms with Gasteiger partial charge in [-0.05, 0) is 57.0 Å². The minimum absolute atomic E-state index is 0.515. The fraction of sp³-hybridized carbons (Fsp3) is 1.00. The topological polar surface area (TPSA) is 6.48 Å². The smallest absolute Gasteiger partial charge is 0.0109 e. The molecule has 2 rings (SSSR count). The molecule has 2 nitrogen and oxygen atoms in total. The largest absolute Gasteiger partial charge is 0.305 e. The number of thiol groups is 1. The molecule has 1 heterocycles. The van der Waals surface area contributed by atoms with Gasteiger partial charge >= 0.3 is 0 Å². The van der Waals surface area contributed by atoms with E-state index in [2.05, 4.69) is 29.5 Å². The fourth-order valence-corrected chi connectivity index (χ4v) is 4.05. The fourth-order valence-electron chi connectivity index (χ4n) is 3.64. The van der Waals surface area contributed by atoms with E-state index in [0.717, 1.165) is 5.75 Å². The van der Waals surface area contributed by atoms with E-state index in [1.54, 1.807) is 0 Å². The third-order valence-corrected chi connectivity index (χ3v) is 5.52. The predicted octanol–water partition coefficient (Wildman–Crippen LogP) is 2.89. The Kier molecular flexibility index (Phi) is 5.84. The molecule has 0 bridgehead atoms. The molecular formula is C15H30N2S. The molecule has 2 aliphatic rings. The molecule has 0 N–H and O–H groups in total. The molecule has 1 aliphatic carbocycles. The van der Waals surface area contributed by atoms with Gasteiger partial charge in [0.25, 0.3) is 0 Å². The summed E-state index contributed by atoms with van der Waals surface area (Å²) in [6, 6.07) is 0.